The molecule has 1 aromatic heterocycles. The van der Waals surface area contributed by atoms with Gasteiger partial charge in [0.1, 0.15) is 6.20 Å². The first-order valence-corrected chi connectivity index (χ1v) is 5.53. The van der Waals surface area contributed by atoms with Gasteiger partial charge in [-0.1, -0.05) is 30.3 Å². The highest BCUT2D eigenvalue weighted by Crippen LogP contribution is 2.35. The number of hydrogen-bond acceptors (Lipinski definition) is 2. The maximum Gasteiger partial charge on any atom is 0.340 e. The molecular weight excluding hydrogens is 234 g/mol. The van der Waals surface area contributed by atoms with Crippen LogP contribution in [0.4, 0.5) is 5.82 Å². The fraction of sp³-hybridized carbons (Fsp3) is 0. The Morgan fingerprint density at radius 2 is 1.94 bits per heavy atom. The lowest BCUT2D eigenvalue weighted by Gasteiger charge is -1.99. The van der Waals surface area contributed by atoms with Crippen LogP contribution in [0.1, 0.15) is 11.1 Å². The molecule has 17 heavy (non-hydrogen) atoms. The Morgan fingerprint density at radius 3 is 2.71 bits per heavy atom. The van der Waals surface area contributed by atoms with Crippen molar-refractivity contribution in [1.82, 2.24) is 9.97 Å². The van der Waals surface area contributed by atoms with Crippen LogP contribution < -0.4 is 0 Å². The maximum absolute atomic E-state index is 5.78. The Hall–Kier alpha value is -2.00. The molecule has 3 rings (SSSR count). The van der Waals surface area contributed by atoms with E-state index in [0.717, 1.165) is 22.5 Å². The summed E-state index contributed by atoms with van der Waals surface area (Å²) in [7, 11) is 0. The van der Waals surface area contributed by atoms with E-state index in [0.29, 0.717) is 0 Å². The lowest BCUT2D eigenvalue weighted by molar-refractivity contribution is -0.349. The van der Waals surface area contributed by atoms with Gasteiger partial charge in [-0.3, -0.25) is 0 Å². The highest BCUT2D eigenvalue weighted by molar-refractivity contribution is 6.28. The number of hydrogen-bond donors (Lipinski definition) is 0. The second-order valence-corrected chi connectivity index (χ2v) is 4.09. The molecule has 4 heteroatoms. The summed E-state index contributed by atoms with van der Waals surface area (Å²) in [5.74, 6) is 0.740. The van der Waals surface area contributed by atoms with Crippen LogP contribution in [-0.4, -0.2) is 21.3 Å². The first-order chi connectivity index (χ1) is 8.25. The summed E-state index contributed by atoms with van der Waals surface area (Å²) in [6, 6.07) is 10.1. The summed E-state index contributed by atoms with van der Waals surface area (Å²) in [6.45, 7) is 3.90. The number of benzene rings is 1. The van der Waals surface area contributed by atoms with Gasteiger partial charge in [-0.25, -0.2) is 9.56 Å². The van der Waals surface area contributed by atoms with Gasteiger partial charge in [0.25, 0.3) is 0 Å². The summed E-state index contributed by atoms with van der Waals surface area (Å²) in [4.78, 5) is 8.20. The molecule has 3 nitrogen and oxygen atoms in total. The molecule has 0 spiro atoms. The molecule has 0 amide bonds. The van der Waals surface area contributed by atoms with Crippen molar-refractivity contribution in [3.05, 3.63) is 59.1 Å². The highest BCUT2D eigenvalue weighted by atomic mass is 35.5. The molecule has 0 saturated heterocycles. The number of nitrogens with zero attached hydrogens (tertiary/aromatic N) is 3. The maximum atomic E-state index is 5.78. The molecule has 0 aliphatic carbocycles. The summed E-state index contributed by atoms with van der Waals surface area (Å²) in [5.41, 5.74) is 3.13. The second-order valence-electron chi connectivity index (χ2n) is 3.75. The molecule has 2 aromatic rings. The zero-order valence-corrected chi connectivity index (χ0v) is 9.72. The fourth-order valence-electron chi connectivity index (χ4n) is 1.90. The Balaban J connectivity index is 2.18. The van der Waals surface area contributed by atoms with Crippen LogP contribution in [0.2, 0.25) is 5.28 Å². The molecule has 1 aromatic carbocycles. The lowest BCUT2D eigenvalue weighted by Crippen LogP contribution is -1.93. The van der Waals surface area contributed by atoms with Gasteiger partial charge in [0, 0.05) is 11.8 Å². The molecule has 0 atom stereocenters. The monoisotopic (exact) mass is 242 g/mol. The Bertz CT molecular complexity index is 632. The van der Waals surface area contributed by atoms with Crippen molar-refractivity contribution < 1.29 is 4.58 Å². The molecule has 82 valence electrons. The van der Waals surface area contributed by atoms with E-state index in [1.807, 2.05) is 36.5 Å². The predicted molar refractivity (Wildman–Crippen MR) is 67.6 cm³/mol. The van der Waals surface area contributed by atoms with Gasteiger partial charge in [-0.2, -0.15) is 0 Å². The van der Waals surface area contributed by atoms with Gasteiger partial charge in [0.2, 0.25) is 0 Å². The van der Waals surface area contributed by atoms with Crippen LogP contribution in [0.25, 0.3) is 5.57 Å². The normalized spacial score (nSPS) is 13.5. The molecule has 2 heterocycles. The molecule has 1 aliphatic heterocycles. The average molecular weight is 243 g/mol. The van der Waals surface area contributed by atoms with Crippen molar-refractivity contribution in [3.63, 3.8) is 0 Å². The first-order valence-electron chi connectivity index (χ1n) is 5.15. The SMILES string of the molecule is C=[N+]1C=C(c2ccccc2)c2cnc(Cl)nc21. The molecule has 0 radical (unpaired) electrons. The summed E-state index contributed by atoms with van der Waals surface area (Å²) >= 11 is 5.78. The van der Waals surface area contributed by atoms with E-state index in [1.54, 1.807) is 10.8 Å². The van der Waals surface area contributed by atoms with E-state index < -0.39 is 0 Å². The van der Waals surface area contributed by atoms with Gasteiger partial charge < -0.3 is 0 Å². The topological polar surface area (TPSA) is 28.8 Å². The van der Waals surface area contributed by atoms with E-state index in [2.05, 4.69) is 16.7 Å². The van der Waals surface area contributed by atoms with E-state index in [9.17, 15) is 0 Å². The third-order valence-corrected chi connectivity index (χ3v) is 2.85. The smallest absolute Gasteiger partial charge is 0.209 e. The Morgan fingerprint density at radius 1 is 1.18 bits per heavy atom. The van der Waals surface area contributed by atoms with Crippen molar-refractivity contribution in [1.29, 1.82) is 0 Å². The van der Waals surface area contributed by atoms with Crippen molar-refractivity contribution in [2.75, 3.05) is 0 Å². The van der Waals surface area contributed by atoms with Gasteiger partial charge in [-0.15, -0.1) is 0 Å². The average Bonchev–Trinajstić information content (AvgIpc) is 2.68. The quantitative estimate of drug-likeness (QED) is 0.568. The van der Waals surface area contributed by atoms with Crippen molar-refractivity contribution in [2.24, 2.45) is 0 Å². The van der Waals surface area contributed by atoms with Crippen molar-refractivity contribution >= 4 is 29.7 Å². The molecule has 0 saturated carbocycles. The third-order valence-electron chi connectivity index (χ3n) is 2.67. The highest BCUT2D eigenvalue weighted by Gasteiger charge is 2.27. The summed E-state index contributed by atoms with van der Waals surface area (Å²) in [5, 5.41) is 0.236. The number of halogens is 1. The number of fused-ring (bicyclic) bond motifs is 1. The zero-order valence-electron chi connectivity index (χ0n) is 8.97. The molecule has 0 N–H and O–H groups in total. The molecule has 0 bridgehead atoms. The van der Waals surface area contributed by atoms with Crippen molar-refractivity contribution in [2.45, 2.75) is 0 Å². The largest absolute Gasteiger partial charge is 0.340 e. The van der Waals surface area contributed by atoms with E-state index in [1.165, 1.54) is 0 Å². The standard InChI is InChI=1S/C13H9ClN3/c1-17-8-11(9-5-3-2-4-6-9)10-7-15-13(14)16-12(10)17/h2-8H,1H2/q+1. The zero-order chi connectivity index (χ0) is 11.8. The van der Waals surface area contributed by atoms with Crippen LogP contribution in [0.15, 0.2) is 42.7 Å². The molecule has 0 fully saturated rings. The minimum Gasteiger partial charge on any atom is -0.209 e. The van der Waals surface area contributed by atoms with Crippen LogP contribution in [-0.2, 0) is 0 Å². The fourth-order valence-corrected chi connectivity index (χ4v) is 2.02. The van der Waals surface area contributed by atoms with E-state index in [-0.39, 0.29) is 5.28 Å². The summed E-state index contributed by atoms with van der Waals surface area (Å²) < 4.78 is 1.71. The van der Waals surface area contributed by atoms with Gasteiger partial charge in [-0.05, 0) is 22.1 Å². The van der Waals surface area contributed by atoms with Gasteiger partial charge in [0.05, 0.1) is 12.3 Å². The van der Waals surface area contributed by atoms with Crippen molar-refractivity contribution in [3.8, 4) is 0 Å². The van der Waals surface area contributed by atoms with Crippen LogP contribution >= 0.6 is 11.6 Å². The van der Waals surface area contributed by atoms with Gasteiger partial charge in [0.15, 0.2) is 0 Å². The Labute approximate surface area is 104 Å². The van der Waals surface area contributed by atoms with Crippen LogP contribution in [0.3, 0.4) is 0 Å². The third kappa shape index (κ3) is 1.65. The number of aromatic nitrogens is 2. The van der Waals surface area contributed by atoms with Gasteiger partial charge >= 0.3 is 11.1 Å². The predicted octanol–water partition coefficient (Wildman–Crippen LogP) is 2.88. The van der Waals surface area contributed by atoms with E-state index >= 15 is 0 Å². The number of rotatable bonds is 1. The minimum atomic E-state index is 0.236. The minimum absolute atomic E-state index is 0.236. The Kier molecular flexibility index (Phi) is 2.27. The molecular formula is C13H9ClN3+. The second kappa shape index (κ2) is 3.79. The van der Waals surface area contributed by atoms with Crippen LogP contribution in [0, 0.1) is 0 Å². The lowest BCUT2D eigenvalue weighted by atomic mass is 10.0. The van der Waals surface area contributed by atoms with Crippen LogP contribution in [0.5, 0.6) is 0 Å². The molecule has 0 unspecified atom stereocenters. The summed E-state index contributed by atoms with van der Waals surface area (Å²) in [6.07, 6.45) is 3.67. The first kappa shape index (κ1) is 10.2. The van der Waals surface area contributed by atoms with E-state index in [4.69, 9.17) is 11.6 Å². The molecule has 1 aliphatic rings.